The van der Waals surface area contributed by atoms with Gasteiger partial charge in [0.1, 0.15) is 0 Å². The lowest BCUT2D eigenvalue weighted by molar-refractivity contribution is 0.0864. The van der Waals surface area contributed by atoms with Crippen LogP contribution in [0.15, 0.2) is 66.9 Å². The van der Waals surface area contributed by atoms with Crippen molar-refractivity contribution < 1.29 is 15.0 Å². The Bertz CT molecular complexity index is 1530. The summed E-state index contributed by atoms with van der Waals surface area (Å²) in [6.45, 7) is 0.0251. The van der Waals surface area contributed by atoms with Crippen LogP contribution in [0.5, 0.6) is 0 Å². The molecule has 3 fully saturated rings. The fourth-order valence-corrected chi connectivity index (χ4v) is 7.32. The van der Waals surface area contributed by atoms with E-state index in [1.54, 1.807) is 6.20 Å². The van der Waals surface area contributed by atoms with Crippen LogP contribution in [-0.2, 0) is 0 Å². The second-order valence-corrected chi connectivity index (χ2v) is 12.2. The lowest BCUT2D eigenvalue weighted by Crippen LogP contribution is -2.54. The Kier molecular flexibility index (Phi) is 6.75. The molecule has 4 aromatic rings. The number of carbonyl (C=O) groups excluding carboxylic acids is 1. The summed E-state index contributed by atoms with van der Waals surface area (Å²) >= 11 is 0. The van der Waals surface area contributed by atoms with Gasteiger partial charge in [0, 0.05) is 33.9 Å². The molecule has 8 heteroatoms. The van der Waals surface area contributed by atoms with Crippen molar-refractivity contribution in [2.45, 2.75) is 75.1 Å². The molecule has 2 aromatic carbocycles. The van der Waals surface area contributed by atoms with Gasteiger partial charge < -0.3 is 20.4 Å². The van der Waals surface area contributed by atoms with Gasteiger partial charge in [-0.15, -0.1) is 0 Å². The van der Waals surface area contributed by atoms with Crippen molar-refractivity contribution in [1.82, 2.24) is 20.5 Å². The van der Waals surface area contributed by atoms with Crippen molar-refractivity contribution in [2.75, 3.05) is 11.5 Å². The number of amides is 1. The summed E-state index contributed by atoms with van der Waals surface area (Å²) in [5, 5.41) is 32.4. The third kappa shape index (κ3) is 4.89. The molecule has 2 saturated carbocycles. The van der Waals surface area contributed by atoms with Crippen molar-refractivity contribution in [3.8, 4) is 11.3 Å². The Morgan fingerprint density at radius 3 is 2.61 bits per heavy atom. The first-order chi connectivity index (χ1) is 20.0. The van der Waals surface area contributed by atoms with Crippen LogP contribution < -0.4 is 10.2 Å². The molecule has 1 aliphatic heterocycles. The van der Waals surface area contributed by atoms with Gasteiger partial charge in [-0.3, -0.25) is 14.9 Å². The number of benzene rings is 2. The van der Waals surface area contributed by atoms with Gasteiger partial charge in [-0.25, -0.2) is 0 Å². The number of pyridine rings is 1. The Labute approximate surface area is 239 Å². The number of aliphatic hydroxyl groups is 2. The van der Waals surface area contributed by atoms with Crippen LogP contribution >= 0.6 is 0 Å². The number of fused-ring (bicyclic) bond motifs is 1. The lowest BCUT2D eigenvalue weighted by Gasteiger charge is -2.46. The first-order valence-electron chi connectivity index (χ1n) is 14.9. The number of piperidine rings is 1. The zero-order valence-corrected chi connectivity index (χ0v) is 23.2. The van der Waals surface area contributed by atoms with Crippen LogP contribution in [0.4, 0.5) is 5.69 Å². The highest BCUT2D eigenvalue weighted by Crippen LogP contribution is 2.52. The predicted molar refractivity (Wildman–Crippen MR) is 158 cm³/mol. The third-order valence-electron chi connectivity index (χ3n) is 9.48. The lowest BCUT2D eigenvalue weighted by atomic mass is 9.90. The number of nitrogens with zero attached hydrogens (tertiary/aromatic N) is 3. The van der Waals surface area contributed by atoms with E-state index in [2.05, 4.69) is 49.7 Å². The summed E-state index contributed by atoms with van der Waals surface area (Å²) in [6.07, 6.45) is 9.42. The molecule has 1 saturated heterocycles. The van der Waals surface area contributed by atoms with E-state index in [1.165, 1.54) is 12.8 Å². The standard InChI is InChI=1S/C33H37N5O3/c39-20-25-18-26(40)19-33(14-15-33)38(25)24-11-8-22(9-12-24)30-27-17-23(10-13-28(27)36-37-30)32(41)35-31(21-5-1-2-6-21)29-7-3-4-16-34-29/h3-4,7-13,16-17,21,25-26,31,39-40H,1-2,5-6,14-15,18-20H2,(H,35,41)(H,36,37). The molecule has 4 N–H and O–H groups in total. The van der Waals surface area contributed by atoms with Gasteiger partial charge >= 0.3 is 0 Å². The summed E-state index contributed by atoms with van der Waals surface area (Å²) in [7, 11) is 0. The number of H-pyrrole nitrogens is 1. The Hall–Kier alpha value is -3.75. The maximum atomic E-state index is 13.6. The molecular weight excluding hydrogens is 514 g/mol. The summed E-state index contributed by atoms with van der Waals surface area (Å²) in [6, 6.07) is 19.7. The van der Waals surface area contributed by atoms with E-state index in [9.17, 15) is 15.0 Å². The van der Waals surface area contributed by atoms with Gasteiger partial charge in [-0.1, -0.05) is 31.0 Å². The minimum absolute atomic E-state index is 0.0251. The highest BCUT2D eigenvalue weighted by molar-refractivity contribution is 6.01. The van der Waals surface area contributed by atoms with Gasteiger partial charge in [0.05, 0.1) is 41.7 Å². The monoisotopic (exact) mass is 551 g/mol. The summed E-state index contributed by atoms with van der Waals surface area (Å²) in [5.74, 6) is 0.290. The fraction of sp³-hybridized carbons (Fsp3) is 0.424. The van der Waals surface area contributed by atoms with Gasteiger partial charge in [-0.2, -0.15) is 5.10 Å². The largest absolute Gasteiger partial charge is 0.394 e. The van der Waals surface area contributed by atoms with E-state index in [0.717, 1.165) is 65.6 Å². The Morgan fingerprint density at radius 1 is 1.10 bits per heavy atom. The molecule has 1 amide bonds. The molecule has 3 unspecified atom stereocenters. The Morgan fingerprint density at radius 2 is 1.90 bits per heavy atom. The van der Waals surface area contributed by atoms with Crippen molar-refractivity contribution >= 4 is 22.5 Å². The second kappa shape index (κ2) is 10.6. The van der Waals surface area contributed by atoms with Crippen molar-refractivity contribution in [2.24, 2.45) is 5.92 Å². The van der Waals surface area contributed by atoms with E-state index in [1.807, 2.05) is 36.4 Å². The molecule has 3 heterocycles. The van der Waals surface area contributed by atoms with Gasteiger partial charge in [0.2, 0.25) is 0 Å². The molecule has 3 atom stereocenters. The number of nitrogens with one attached hydrogen (secondary N) is 2. The Balaban J connectivity index is 1.15. The molecule has 2 aromatic heterocycles. The van der Waals surface area contributed by atoms with Crippen LogP contribution in [0.2, 0.25) is 0 Å². The highest BCUT2D eigenvalue weighted by atomic mass is 16.3. The predicted octanol–water partition coefficient (Wildman–Crippen LogP) is 5.14. The van der Waals surface area contributed by atoms with E-state index < -0.39 is 0 Å². The first kappa shape index (κ1) is 26.2. The van der Waals surface area contributed by atoms with Crippen LogP contribution in [0, 0.1) is 5.92 Å². The van der Waals surface area contributed by atoms with Crippen molar-refractivity contribution in [3.05, 3.63) is 78.1 Å². The molecule has 7 rings (SSSR count). The van der Waals surface area contributed by atoms with Crippen LogP contribution in [-0.4, -0.2) is 55.6 Å². The number of carbonyl (C=O) groups is 1. The number of aromatic amines is 1. The van der Waals surface area contributed by atoms with Gasteiger partial charge in [-0.05, 0) is 86.9 Å². The van der Waals surface area contributed by atoms with E-state index in [0.29, 0.717) is 17.9 Å². The maximum absolute atomic E-state index is 13.6. The molecular formula is C33H37N5O3. The maximum Gasteiger partial charge on any atom is 0.251 e. The molecule has 41 heavy (non-hydrogen) atoms. The summed E-state index contributed by atoms with van der Waals surface area (Å²) < 4.78 is 0. The summed E-state index contributed by atoms with van der Waals surface area (Å²) in [5.41, 5.74) is 5.16. The molecule has 212 valence electrons. The van der Waals surface area contributed by atoms with Gasteiger partial charge in [0.15, 0.2) is 0 Å². The minimum Gasteiger partial charge on any atom is -0.394 e. The number of hydrogen-bond donors (Lipinski definition) is 4. The van der Waals surface area contributed by atoms with Crippen LogP contribution in [0.1, 0.15) is 73.5 Å². The number of rotatable bonds is 7. The SMILES string of the molecule is O=C(NC(c1ccccn1)C1CCCC1)c1ccc2[nH]nc(-c3ccc(N4C(CO)CC(O)CC45CC5)cc3)c2c1. The molecule has 8 nitrogen and oxygen atoms in total. The van der Waals surface area contributed by atoms with Crippen molar-refractivity contribution in [1.29, 1.82) is 0 Å². The molecule has 0 bridgehead atoms. The molecule has 2 aliphatic carbocycles. The zero-order chi connectivity index (χ0) is 28.0. The first-order valence-corrected chi connectivity index (χ1v) is 14.9. The van der Waals surface area contributed by atoms with Crippen LogP contribution in [0.3, 0.4) is 0 Å². The number of aromatic nitrogens is 3. The molecule has 1 spiro atoms. The third-order valence-corrected chi connectivity index (χ3v) is 9.48. The molecule has 0 radical (unpaired) electrons. The van der Waals surface area contributed by atoms with Gasteiger partial charge in [0.25, 0.3) is 5.91 Å². The quantitative estimate of drug-likeness (QED) is 0.253. The average molecular weight is 552 g/mol. The smallest absolute Gasteiger partial charge is 0.251 e. The summed E-state index contributed by atoms with van der Waals surface area (Å²) in [4.78, 5) is 20.5. The fourth-order valence-electron chi connectivity index (χ4n) is 7.32. The number of aliphatic hydroxyl groups excluding tert-OH is 2. The highest BCUT2D eigenvalue weighted by Gasteiger charge is 2.54. The van der Waals surface area contributed by atoms with Crippen molar-refractivity contribution in [3.63, 3.8) is 0 Å². The van der Waals surface area contributed by atoms with E-state index in [-0.39, 0.29) is 36.2 Å². The number of hydrogen-bond acceptors (Lipinski definition) is 6. The topological polar surface area (TPSA) is 114 Å². The normalized spacial score (nSPS) is 22.7. The zero-order valence-electron chi connectivity index (χ0n) is 23.2. The van der Waals surface area contributed by atoms with Crippen LogP contribution in [0.25, 0.3) is 22.2 Å². The minimum atomic E-state index is -0.357. The van der Waals surface area contributed by atoms with E-state index in [4.69, 9.17) is 0 Å². The average Bonchev–Trinajstić information content (AvgIpc) is 3.37. The van der Waals surface area contributed by atoms with E-state index >= 15 is 0 Å². The number of anilines is 1. The second-order valence-electron chi connectivity index (χ2n) is 12.2. The molecule has 3 aliphatic rings.